The van der Waals surface area contributed by atoms with Crippen LogP contribution in [0.4, 0.5) is 0 Å². The summed E-state index contributed by atoms with van der Waals surface area (Å²) in [7, 11) is 0. The van der Waals surface area contributed by atoms with Crippen molar-refractivity contribution in [3.8, 4) is 11.8 Å². The van der Waals surface area contributed by atoms with Gasteiger partial charge in [0.2, 0.25) is 5.12 Å². The van der Waals surface area contributed by atoms with E-state index >= 15 is 0 Å². The van der Waals surface area contributed by atoms with Crippen molar-refractivity contribution in [2.24, 2.45) is 0 Å². The van der Waals surface area contributed by atoms with E-state index in [1.54, 1.807) is 36.4 Å². The summed E-state index contributed by atoms with van der Waals surface area (Å²) < 4.78 is 5.58. The minimum absolute atomic E-state index is 0.0233. The zero-order valence-electron chi connectivity index (χ0n) is 12.4. The summed E-state index contributed by atoms with van der Waals surface area (Å²) in [5.41, 5.74) is 1.22. The second-order valence-electron chi connectivity index (χ2n) is 4.75. The van der Waals surface area contributed by atoms with Crippen molar-refractivity contribution >= 4 is 16.9 Å². The van der Waals surface area contributed by atoms with Crippen LogP contribution in [0.2, 0.25) is 0 Å². The van der Waals surface area contributed by atoms with Crippen molar-refractivity contribution in [2.75, 3.05) is 6.61 Å². The average Bonchev–Trinajstić information content (AvgIpc) is 2.56. The highest BCUT2D eigenvalue weighted by molar-refractivity contribution is 8.14. The Labute approximate surface area is 134 Å². The van der Waals surface area contributed by atoms with Gasteiger partial charge in [0.1, 0.15) is 5.75 Å². The fourth-order valence-electron chi connectivity index (χ4n) is 1.79. The first-order valence-corrected chi connectivity index (χ1v) is 8.00. The molecule has 0 amide bonds. The number of carbonyl (C=O) groups excluding carboxylic acids is 1. The number of hydrogen-bond acceptors (Lipinski definition) is 4. The number of benzene rings is 2. The van der Waals surface area contributed by atoms with Crippen LogP contribution in [0.15, 0.2) is 53.4 Å². The SMILES string of the molecule is CCCCOc1ccc(C(=O)Sc2ccc(C#N)cc2)cc1. The molecule has 0 radical (unpaired) electrons. The fourth-order valence-corrected chi connectivity index (χ4v) is 2.53. The lowest BCUT2D eigenvalue weighted by Crippen LogP contribution is -1.97. The van der Waals surface area contributed by atoms with E-state index in [-0.39, 0.29) is 5.12 Å². The Hall–Kier alpha value is -2.25. The first kappa shape index (κ1) is 16.1. The Morgan fingerprint density at radius 3 is 2.41 bits per heavy atom. The Morgan fingerprint density at radius 1 is 1.14 bits per heavy atom. The van der Waals surface area contributed by atoms with Crippen LogP contribution in [-0.4, -0.2) is 11.7 Å². The second-order valence-corrected chi connectivity index (χ2v) is 5.80. The van der Waals surface area contributed by atoms with Crippen LogP contribution in [0.1, 0.15) is 35.7 Å². The molecule has 0 aliphatic heterocycles. The van der Waals surface area contributed by atoms with Crippen LogP contribution in [0, 0.1) is 11.3 Å². The van der Waals surface area contributed by atoms with E-state index in [1.165, 1.54) is 0 Å². The first-order valence-electron chi connectivity index (χ1n) is 7.18. The molecular weight excluding hydrogens is 294 g/mol. The standard InChI is InChI=1S/C18H17NO2S/c1-2-3-12-21-16-8-6-15(7-9-16)18(20)22-17-10-4-14(13-19)5-11-17/h4-11H,2-3,12H2,1H3. The van der Waals surface area contributed by atoms with Crippen LogP contribution in [0.25, 0.3) is 0 Å². The van der Waals surface area contributed by atoms with Crippen LogP contribution in [0.3, 0.4) is 0 Å². The van der Waals surface area contributed by atoms with Crippen molar-refractivity contribution in [2.45, 2.75) is 24.7 Å². The van der Waals surface area contributed by atoms with Crippen molar-refractivity contribution in [1.82, 2.24) is 0 Å². The van der Waals surface area contributed by atoms with E-state index in [2.05, 4.69) is 13.0 Å². The molecule has 0 unspecified atom stereocenters. The van der Waals surface area contributed by atoms with Crippen LogP contribution in [0.5, 0.6) is 5.75 Å². The van der Waals surface area contributed by atoms with E-state index in [9.17, 15) is 4.79 Å². The third kappa shape index (κ3) is 4.64. The maximum Gasteiger partial charge on any atom is 0.224 e. The van der Waals surface area contributed by atoms with Gasteiger partial charge >= 0.3 is 0 Å². The molecule has 2 aromatic rings. The summed E-state index contributed by atoms with van der Waals surface area (Å²) in [4.78, 5) is 13.0. The number of thioether (sulfide) groups is 1. The van der Waals surface area contributed by atoms with Crippen molar-refractivity contribution in [3.63, 3.8) is 0 Å². The van der Waals surface area contributed by atoms with E-state index < -0.39 is 0 Å². The zero-order chi connectivity index (χ0) is 15.8. The molecule has 2 rings (SSSR count). The first-order chi connectivity index (χ1) is 10.7. The smallest absolute Gasteiger partial charge is 0.224 e. The predicted molar refractivity (Wildman–Crippen MR) is 88.2 cm³/mol. The highest BCUT2D eigenvalue weighted by Crippen LogP contribution is 2.24. The third-order valence-electron chi connectivity index (χ3n) is 3.05. The molecule has 0 aliphatic carbocycles. The number of hydrogen-bond donors (Lipinski definition) is 0. The molecule has 0 atom stereocenters. The van der Waals surface area contributed by atoms with Crippen molar-refractivity contribution < 1.29 is 9.53 Å². The molecule has 0 saturated carbocycles. The molecule has 0 aliphatic rings. The van der Waals surface area contributed by atoms with Crippen molar-refractivity contribution in [1.29, 1.82) is 5.26 Å². The number of nitriles is 1. The topological polar surface area (TPSA) is 50.1 Å². The minimum atomic E-state index is -0.0233. The quantitative estimate of drug-likeness (QED) is 0.574. The normalized spacial score (nSPS) is 10.0. The number of rotatable bonds is 6. The molecule has 0 heterocycles. The molecule has 2 aromatic carbocycles. The second kappa shape index (κ2) is 8.26. The van der Waals surface area contributed by atoms with Gasteiger partial charge in [0.25, 0.3) is 0 Å². The van der Waals surface area contributed by atoms with Gasteiger partial charge in [0.05, 0.1) is 18.2 Å². The van der Waals surface area contributed by atoms with Gasteiger partial charge in [-0.2, -0.15) is 5.26 Å². The molecule has 4 heteroatoms. The van der Waals surface area contributed by atoms with Gasteiger partial charge < -0.3 is 4.74 Å². The molecule has 0 aromatic heterocycles. The molecule has 0 bridgehead atoms. The van der Waals surface area contributed by atoms with Crippen LogP contribution in [-0.2, 0) is 0 Å². The van der Waals surface area contributed by atoms with Gasteiger partial charge in [-0.15, -0.1) is 0 Å². The number of nitrogens with zero attached hydrogens (tertiary/aromatic N) is 1. The minimum Gasteiger partial charge on any atom is -0.494 e. The lowest BCUT2D eigenvalue weighted by atomic mass is 10.2. The maximum absolute atomic E-state index is 12.2. The molecule has 22 heavy (non-hydrogen) atoms. The number of carbonyl (C=O) groups is 1. The molecule has 0 spiro atoms. The van der Waals surface area contributed by atoms with Gasteiger partial charge in [-0.1, -0.05) is 13.3 Å². The van der Waals surface area contributed by atoms with Gasteiger partial charge in [-0.25, -0.2) is 0 Å². The van der Waals surface area contributed by atoms with E-state index in [0.717, 1.165) is 35.2 Å². The largest absolute Gasteiger partial charge is 0.494 e. The predicted octanol–water partition coefficient (Wildman–Crippen LogP) is 4.67. The average molecular weight is 311 g/mol. The van der Waals surface area contributed by atoms with Gasteiger partial charge in [-0.3, -0.25) is 4.79 Å². The summed E-state index contributed by atoms with van der Waals surface area (Å²) in [6.07, 6.45) is 2.12. The highest BCUT2D eigenvalue weighted by Gasteiger charge is 2.08. The molecule has 3 nitrogen and oxygen atoms in total. The van der Waals surface area contributed by atoms with E-state index in [1.807, 2.05) is 12.1 Å². The molecule has 0 N–H and O–H groups in total. The Balaban J connectivity index is 1.95. The van der Waals surface area contributed by atoms with E-state index in [4.69, 9.17) is 10.00 Å². The lowest BCUT2D eigenvalue weighted by Gasteiger charge is -2.06. The summed E-state index contributed by atoms with van der Waals surface area (Å²) in [5, 5.41) is 8.73. The number of ether oxygens (including phenoxy) is 1. The summed E-state index contributed by atoms with van der Waals surface area (Å²) in [6, 6.07) is 16.2. The van der Waals surface area contributed by atoms with Crippen molar-refractivity contribution in [3.05, 3.63) is 59.7 Å². The van der Waals surface area contributed by atoms with Gasteiger partial charge in [0, 0.05) is 10.5 Å². The summed E-state index contributed by atoms with van der Waals surface area (Å²) in [6.45, 7) is 2.81. The van der Waals surface area contributed by atoms with Crippen LogP contribution < -0.4 is 4.74 Å². The fraction of sp³-hybridized carbons (Fsp3) is 0.222. The third-order valence-corrected chi connectivity index (χ3v) is 3.98. The molecule has 0 fully saturated rings. The summed E-state index contributed by atoms with van der Waals surface area (Å²) in [5.74, 6) is 0.786. The highest BCUT2D eigenvalue weighted by atomic mass is 32.2. The Bertz CT molecular complexity index is 657. The molecular formula is C18H17NO2S. The number of unbranched alkanes of at least 4 members (excludes halogenated alkanes) is 1. The van der Waals surface area contributed by atoms with Gasteiger partial charge in [-0.05, 0) is 66.7 Å². The Morgan fingerprint density at radius 2 is 1.82 bits per heavy atom. The van der Waals surface area contributed by atoms with E-state index in [0.29, 0.717) is 17.7 Å². The molecule has 112 valence electrons. The zero-order valence-corrected chi connectivity index (χ0v) is 13.2. The monoisotopic (exact) mass is 311 g/mol. The molecule has 0 saturated heterocycles. The summed E-state index contributed by atoms with van der Waals surface area (Å²) >= 11 is 1.15. The van der Waals surface area contributed by atoms with Crippen LogP contribution >= 0.6 is 11.8 Å². The maximum atomic E-state index is 12.2. The Kier molecular flexibility index (Phi) is 6.05. The lowest BCUT2D eigenvalue weighted by molar-refractivity contribution is 0.108. The van der Waals surface area contributed by atoms with Gasteiger partial charge in [0.15, 0.2) is 0 Å².